The molecule has 3 nitrogen and oxygen atoms in total. The Bertz CT molecular complexity index is 248. The van der Waals surface area contributed by atoms with Crippen molar-refractivity contribution >= 4 is 5.91 Å². The topological polar surface area (TPSA) is 46.3 Å². The van der Waals surface area contributed by atoms with Gasteiger partial charge in [-0.05, 0) is 32.1 Å². The fourth-order valence-electron chi connectivity index (χ4n) is 2.69. The molecule has 1 amide bonds. The lowest BCUT2D eigenvalue weighted by Gasteiger charge is -2.34. The summed E-state index contributed by atoms with van der Waals surface area (Å²) < 4.78 is 0. The summed E-state index contributed by atoms with van der Waals surface area (Å²) in [5.74, 6) is 0.675. The maximum Gasteiger partial charge on any atom is 0.242 e. The first-order chi connectivity index (χ1) is 7.40. The van der Waals surface area contributed by atoms with Gasteiger partial charge in [-0.15, -0.1) is 0 Å². The Morgan fingerprint density at radius 1 is 1.56 bits per heavy atom. The van der Waals surface area contributed by atoms with Gasteiger partial charge in [0, 0.05) is 12.6 Å². The van der Waals surface area contributed by atoms with Gasteiger partial charge in [0.05, 0.1) is 5.54 Å². The van der Waals surface area contributed by atoms with E-state index in [0.29, 0.717) is 12.0 Å². The summed E-state index contributed by atoms with van der Waals surface area (Å²) in [6.07, 6.45) is 3.98. The average molecular weight is 226 g/mol. The van der Waals surface area contributed by atoms with Crippen molar-refractivity contribution in [1.29, 1.82) is 0 Å². The molecule has 1 aliphatic rings. The molecule has 0 aliphatic carbocycles. The quantitative estimate of drug-likeness (QED) is 0.798. The van der Waals surface area contributed by atoms with Gasteiger partial charge in [-0.2, -0.15) is 0 Å². The molecule has 16 heavy (non-hydrogen) atoms. The van der Waals surface area contributed by atoms with Crippen molar-refractivity contribution in [3.8, 4) is 0 Å². The van der Waals surface area contributed by atoms with Crippen molar-refractivity contribution in [3.05, 3.63) is 0 Å². The molecule has 0 aromatic carbocycles. The predicted octanol–water partition coefficient (Wildman–Crippen LogP) is 2.15. The highest BCUT2D eigenvalue weighted by Gasteiger charge is 2.38. The van der Waals surface area contributed by atoms with E-state index >= 15 is 0 Å². The zero-order valence-electron chi connectivity index (χ0n) is 11.1. The molecule has 0 saturated carbocycles. The third kappa shape index (κ3) is 2.76. The second-order valence-corrected chi connectivity index (χ2v) is 5.62. The van der Waals surface area contributed by atoms with Crippen LogP contribution in [-0.4, -0.2) is 28.9 Å². The third-order valence-corrected chi connectivity index (χ3v) is 3.59. The number of hydrogen-bond acceptors (Lipinski definition) is 2. The highest BCUT2D eigenvalue weighted by Crippen LogP contribution is 2.26. The van der Waals surface area contributed by atoms with Crippen LogP contribution in [-0.2, 0) is 4.79 Å². The minimum atomic E-state index is -0.674. The monoisotopic (exact) mass is 226 g/mol. The van der Waals surface area contributed by atoms with E-state index in [1.807, 2.05) is 11.8 Å². The first-order valence-electron chi connectivity index (χ1n) is 6.50. The smallest absolute Gasteiger partial charge is 0.242 e. The molecule has 2 N–H and O–H groups in total. The van der Waals surface area contributed by atoms with Crippen LogP contribution in [0.3, 0.4) is 0 Å². The summed E-state index contributed by atoms with van der Waals surface area (Å²) in [4.78, 5) is 14.4. The van der Waals surface area contributed by atoms with Crippen LogP contribution in [0.2, 0.25) is 0 Å². The molecule has 2 atom stereocenters. The summed E-state index contributed by atoms with van der Waals surface area (Å²) in [5.41, 5.74) is 5.45. The first kappa shape index (κ1) is 13.5. The Balaban J connectivity index is 2.73. The normalized spacial score (nSPS) is 24.9. The van der Waals surface area contributed by atoms with Crippen molar-refractivity contribution < 1.29 is 4.79 Å². The maximum atomic E-state index is 12.4. The Morgan fingerprint density at radius 3 is 2.69 bits per heavy atom. The van der Waals surface area contributed by atoms with Crippen molar-refractivity contribution in [2.75, 3.05) is 6.54 Å². The number of nitrogens with two attached hydrogens (primary N) is 1. The highest BCUT2D eigenvalue weighted by molar-refractivity contribution is 5.86. The van der Waals surface area contributed by atoms with Crippen molar-refractivity contribution in [3.63, 3.8) is 0 Å². The van der Waals surface area contributed by atoms with Gasteiger partial charge in [0.1, 0.15) is 0 Å². The lowest BCUT2D eigenvalue weighted by molar-refractivity contribution is -0.138. The summed E-state index contributed by atoms with van der Waals surface area (Å²) >= 11 is 0. The summed E-state index contributed by atoms with van der Waals surface area (Å²) in [5, 5.41) is 0. The first-order valence-corrected chi connectivity index (χ1v) is 6.50. The van der Waals surface area contributed by atoms with Crippen molar-refractivity contribution in [1.82, 2.24) is 4.90 Å². The van der Waals surface area contributed by atoms with Crippen molar-refractivity contribution in [2.45, 2.75) is 65.0 Å². The Labute approximate surface area is 99.4 Å². The van der Waals surface area contributed by atoms with E-state index in [2.05, 4.69) is 20.8 Å². The van der Waals surface area contributed by atoms with Crippen LogP contribution < -0.4 is 5.73 Å². The number of rotatable bonds is 4. The zero-order chi connectivity index (χ0) is 12.3. The SMILES string of the molecule is CCCC(C)(N)C(=O)N1CCCC1C(C)C. The second-order valence-electron chi connectivity index (χ2n) is 5.62. The Hall–Kier alpha value is -0.570. The van der Waals surface area contributed by atoms with E-state index in [0.717, 1.165) is 32.2 Å². The molecule has 1 aliphatic heterocycles. The van der Waals surface area contributed by atoms with Gasteiger partial charge < -0.3 is 10.6 Å². The fraction of sp³-hybridized carbons (Fsp3) is 0.923. The molecule has 0 aromatic rings. The Morgan fingerprint density at radius 2 is 2.19 bits per heavy atom. The zero-order valence-corrected chi connectivity index (χ0v) is 11.1. The molecule has 0 spiro atoms. The maximum absolute atomic E-state index is 12.4. The molecule has 0 radical (unpaired) electrons. The number of carbonyl (C=O) groups is 1. The highest BCUT2D eigenvalue weighted by atomic mass is 16.2. The number of likely N-dealkylation sites (tertiary alicyclic amines) is 1. The van der Waals surface area contributed by atoms with E-state index in [1.165, 1.54) is 0 Å². The number of amides is 1. The molecule has 1 saturated heterocycles. The molecular weight excluding hydrogens is 200 g/mol. The van der Waals surface area contributed by atoms with Crippen molar-refractivity contribution in [2.24, 2.45) is 11.7 Å². The minimum absolute atomic E-state index is 0.144. The fourth-order valence-corrected chi connectivity index (χ4v) is 2.69. The van der Waals surface area contributed by atoms with E-state index in [1.54, 1.807) is 0 Å². The summed E-state index contributed by atoms with van der Waals surface area (Å²) in [6.45, 7) is 9.20. The molecule has 94 valence electrons. The molecule has 0 aromatic heterocycles. The summed E-state index contributed by atoms with van der Waals surface area (Å²) in [7, 11) is 0. The molecule has 0 bridgehead atoms. The standard InChI is InChI=1S/C13H26N2O/c1-5-8-13(4,14)12(16)15-9-6-7-11(15)10(2)3/h10-11H,5-9,14H2,1-4H3. The lowest BCUT2D eigenvalue weighted by Crippen LogP contribution is -2.55. The number of carbonyl (C=O) groups excluding carboxylic acids is 1. The van der Waals surface area contributed by atoms with Crippen LogP contribution in [0, 0.1) is 5.92 Å². The molecule has 1 fully saturated rings. The Kier molecular flexibility index (Phi) is 4.36. The van der Waals surface area contributed by atoms with Crippen LogP contribution in [0.5, 0.6) is 0 Å². The van der Waals surface area contributed by atoms with Crippen LogP contribution in [0.15, 0.2) is 0 Å². The van der Waals surface area contributed by atoms with Gasteiger partial charge in [-0.25, -0.2) is 0 Å². The van der Waals surface area contributed by atoms with Gasteiger partial charge in [-0.1, -0.05) is 27.2 Å². The van der Waals surface area contributed by atoms with E-state index in [-0.39, 0.29) is 5.91 Å². The molecular formula is C13H26N2O. The minimum Gasteiger partial charge on any atom is -0.338 e. The third-order valence-electron chi connectivity index (χ3n) is 3.59. The van der Waals surface area contributed by atoms with Gasteiger partial charge in [0.25, 0.3) is 0 Å². The van der Waals surface area contributed by atoms with Crippen LogP contribution >= 0.6 is 0 Å². The van der Waals surface area contributed by atoms with Gasteiger partial charge in [0.15, 0.2) is 0 Å². The van der Waals surface area contributed by atoms with Crippen LogP contribution in [0.25, 0.3) is 0 Å². The predicted molar refractivity (Wildman–Crippen MR) is 67.1 cm³/mol. The largest absolute Gasteiger partial charge is 0.338 e. The van der Waals surface area contributed by atoms with Gasteiger partial charge in [-0.3, -0.25) is 4.79 Å². The summed E-state index contributed by atoms with van der Waals surface area (Å²) in [6, 6.07) is 0.396. The van der Waals surface area contributed by atoms with Gasteiger partial charge in [0.2, 0.25) is 5.91 Å². The van der Waals surface area contributed by atoms with Crippen LogP contribution in [0.1, 0.15) is 53.4 Å². The number of hydrogen-bond donors (Lipinski definition) is 1. The van der Waals surface area contributed by atoms with E-state index < -0.39 is 5.54 Å². The van der Waals surface area contributed by atoms with Gasteiger partial charge >= 0.3 is 0 Å². The molecule has 1 heterocycles. The lowest BCUT2D eigenvalue weighted by atomic mass is 9.94. The second kappa shape index (κ2) is 5.17. The average Bonchev–Trinajstić information content (AvgIpc) is 2.64. The van der Waals surface area contributed by atoms with E-state index in [4.69, 9.17) is 5.73 Å². The molecule has 3 heteroatoms. The van der Waals surface area contributed by atoms with Crippen LogP contribution in [0.4, 0.5) is 0 Å². The number of nitrogens with zero attached hydrogens (tertiary/aromatic N) is 1. The molecule has 2 unspecified atom stereocenters. The van der Waals surface area contributed by atoms with E-state index in [9.17, 15) is 4.79 Å². The molecule has 1 rings (SSSR count).